The number of nitrogen functional groups attached to an aromatic ring is 2. The van der Waals surface area contributed by atoms with Crippen molar-refractivity contribution in [3.8, 4) is 22.6 Å². The molecule has 46 heavy (non-hydrogen) atoms. The fourth-order valence-corrected chi connectivity index (χ4v) is 4.55. The molecule has 0 radical (unpaired) electrons. The third-order valence-electron chi connectivity index (χ3n) is 7.33. The first-order valence-electron chi connectivity index (χ1n) is 14.4. The molecule has 0 aromatic carbocycles. The minimum absolute atomic E-state index is 0.339. The van der Waals surface area contributed by atoms with Gasteiger partial charge in [0.1, 0.15) is 16.2 Å². The van der Waals surface area contributed by atoms with E-state index in [4.69, 9.17) is 20.8 Å². The van der Waals surface area contributed by atoms with Crippen LogP contribution in [0.2, 0.25) is 0 Å². The van der Waals surface area contributed by atoms with E-state index < -0.39 is 0 Å². The van der Waals surface area contributed by atoms with E-state index in [-0.39, 0.29) is 18.3 Å². The molecule has 0 spiro atoms. The van der Waals surface area contributed by atoms with Crippen molar-refractivity contribution in [3.63, 3.8) is 0 Å². The van der Waals surface area contributed by atoms with Crippen LogP contribution < -0.4 is 16.9 Å². The van der Waals surface area contributed by atoms with Crippen LogP contribution in [0.3, 0.4) is 0 Å². The predicted molar refractivity (Wildman–Crippen MR) is 182 cm³/mol. The maximum absolute atomic E-state index is 6.01. The van der Waals surface area contributed by atoms with Gasteiger partial charge in [0.2, 0.25) is 0 Å². The highest BCUT2D eigenvalue weighted by Crippen LogP contribution is 2.36. The SMILES string of the molecule is CC1(C)OB(c2cnn(-c3cccnc3)c2)OC1(C)C.Nc1cccc(-c2cnn(-c3cccnc3)c2)n1.Nc1cccc(Br)n1. The standard InChI is InChI=1S/C14H18BN3O2.C13H11N5.C5H5BrN2/c1-13(2)14(3,4)20-15(19-13)11-8-17-18(10-11)12-6-5-7-16-9-12;14-13-5-1-4-12(17-13)10-7-16-18(9-10)11-3-2-6-15-8-11;6-4-2-1-3-5(7)8-4/h5-10H,1-4H3;1-9H,(H2,14,17);1-3H,(H2,7,8). The van der Waals surface area contributed by atoms with Crippen molar-refractivity contribution in [1.29, 1.82) is 0 Å². The molecule has 1 fully saturated rings. The van der Waals surface area contributed by atoms with Crippen LogP contribution >= 0.6 is 15.9 Å². The molecule has 4 N–H and O–H groups in total. The van der Waals surface area contributed by atoms with Gasteiger partial charge >= 0.3 is 7.12 Å². The summed E-state index contributed by atoms with van der Waals surface area (Å²) in [5, 5.41) is 8.63. The molecule has 12 nitrogen and oxygen atoms in total. The third-order valence-corrected chi connectivity index (χ3v) is 7.78. The number of hydrogen-bond donors (Lipinski definition) is 2. The van der Waals surface area contributed by atoms with Gasteiger partial charge in [0.05, 0.1) is 46.9 Å². The molecule has 0 amide bonds. The summed E-state index contributed by atoms with van der Waals surface area (Å²) < 4.78 is 16.3. The second-order valence-corrected chi connectivity index (χ2v) is 12.0. The molecule has 1 saturated heterocycles. The Morgan fingerprint density at radius 2 is 1.24 bits per heavy atom. The second kappa shape index (κ2) is 14.0. The molecule has 1 aliphatic heterocycles. The number of halogens is 1. The first-order valence-corrected chi connectivity index (χ1v) is 15.2. The molecule has 1 aliphatic rings. The lowest BCUT2D eigenvalue weighted by Crippen LogP contribution is -2.41. The van der Waals surface area contributed by atoms with Crippen molar-refractivity contribution >= 4 is 40.1 Å². The maximum atomic E-state index is 6.01. The van der Waals surface area contributed by atoms with Crippen molar-refractivity contribution < 1.29 is 9.31 Å². The number of hydrogen-bond acceptors (Lipinski definition) is 10. The van der Waals surface area contributed by atoms with Gasteiger partial charge in [-0.15, -0.1) is 0 Å². The predicted octanol–water partition coefficient (Wildman–Crippen LogP) is 4.90. The van der Waals surface area contributed by atoms with Gasteiger partial charge in [-0.3, -0.25) is 9.97 Å². The number of nitrogens with two attached hydrogens (primary N) is 2. The van der Waals surface area contributed by atoms with Gasteiger partial charge in [-0.2, -0.15) is 10.2 Å². The Balaban J connectivity index is 0.000000148. The van der Waals surface area contributed by atoms with Crippen molar-refractivity contribution in [2.24, 2.45) is 0 Å². The summed E-state index contributed by atoms with van der Waals surface area (Å²) in [5.74, 6) is 1.04. The van der Waals surface area contributed by atoms with Crippen LogP contribution in [0, 0.1) is 0 Å². The molecular weight excluding hydrogens is 647 g/mol. The molecule has 0 bridgehead atoms. The minimum Gasteiger partial charge on any atom is -0.399 e. The van der Waals surface area contributed by atoms with Crippen LogP contribution in [-0.4, -0.2) is 57.8 Å². The van der Waals surface area contributed by atoms with E-state index in [1.807, 2.05) is 88.6 Å². The molecule has 0 atom stereocenters. The average Bonchev–Trinajstić information content (AvgIpc) is 3.77. The van der Waals surface area contributed by atoms with E-state index in [2.05, 4.69) is 46.1 Å². The Bertz CT molecular complexity index is 1830. The Labute approximate surface area is 276 Å². The fraction of sp³-hybridized carbons (Fsp3) is 0.188. The van der Waals surface area contributed by atoms with Gasteiger partial charge in [0.25, 0.3) is 0 Å². The summed E-state index contributed by atoms with van der Waals surface area (Å²) in [5.41, 5.74) is 14.8. The lowest BCUT2D eigenvalue weighted by molar-refractivity contribution is 0.00578. The van der Waals surface area contributed by atoms with Crippen LogP contribution in [-0.2, 0) is 9.31 Å². The first-order chi connectivity index (χ1) is 22.0. The Morgan fingerprint density at radius 3 is 1.76 bits per heavy atom. The van der Waals surface area contributed by atoms with Crippen LogP contribution in [0.1, 0.15) is 27.7 Å². The van der Waals surface area contributed by atoms with Gasteiger partial charge in [0.15, 0.2) is 0 Å². The largest absolute Gasteiger partial charge is 0.498 e. The zero-order chi connectivity index (χ0) is 32.7. The zero-order valence-corrected chi connectivity index (χ0v) is 27.5. The molecule has 0 aliphatic carbocycles. The molecular formula is C32H34BBrN10O2. The molecule has 6 aromatic heterocycles. The number of nitrogens with zero attached hydrogens (tertiary/aromatic N) is 8. The molecule has 7 rings (SSSR count). The highest BCUT2D eigenvalue weighted by molar-refractivity contribution is 9.10. The van der Waals surface area contributed by atoms with Crippen molar-refractivity contribution in [1.82, 2.24) is 39.5 Å². The van der Waals surface area contributed by atoms with Crippen molar-refractivity contribution in [2.45, 2.75) is 38.9 Å². The maximum Gasteiger partial charge on any atom is 0.498 e. The van der Waals surface area contributed by atoms with Crippen molar-refractivity contribution in [2.75, 3.05) is 11.5 Å². The summed E-state index contributed by atoms with van der Waals surface area (Å²) in [7, 11) is -0.384. The number of pyridine rings is 4. The van der Waals surface area contributed by atoms with Crippen LogP contribution in [0.15, 0.2) is 115 Å². The van der Waals surface area contributed by atoms with E-state index in [1.54, 1.807) is 58.7 Å². The normalized spacial score (nSPS) is 14.5. The summed E-state index contributed by atoms with van der Waals surface area (Å²) >= 11 is 3.17. The molecule has 234 valence electrons. The van der Waals surface area contributed by atoms with Crippen molar-refractivity contribution in [3.05, 3.63) is 115 Å². The second-order valence-electron chi connectivity index (χ2n) is 11.2. The average molecular weight is 681 g/mol. The Hall–Kier alpha value is -4.92. The highest BCUT2D eigenvalue weighted by Gasteiger charge is 2.52. The number of rotatable bonds is 4. The van der Waals surface area contributed by atoms with E-state index in [9.17, 15) is 0 Å². The molecule has 0 saturated carbocycles. The van der Waals surface area contributed by atoms with E-state index in [0.717, 1.165) is 32.7 Å². The summed E-state index contributed by atoms with van der Waals surface area (Å²) in [4.78, 5) is 16.3. The number of anilines is 2. The van der Waals surface area contributed by atoms with Crippen LogP contribution in [0.25, 0.3) is 22.6 Å². The number of aromatic nitrogens is 8. The molecule has 14 heteroatoms. The monoisotopic (exact) mass is 680 g/mol. The zero-order valence-electron chi connectivity index (χ0n) is 25.9. The van der Waals surface area contributed by atoms with E-state index in [1.165, 1.54) is 0 Å². The molecule has 0 unspecified atom stereocenters. The van der Waals surface area contributed by atoms with Crippen LogP contribution in [0.5, 0.6) is 0 Å². The van der Waals surface area contributed by atoms with E-state index in [0.29, 0.717) is 11.6 Å². The van der Waals surface area contributed by atoms with Gasteiger partial charge in [0, 0.05) is 42.0 Å². The van der Waals surface area contributed by atoms with Gasteiger partial charge in [-0.1, -0.05) is 12.1 Å². The Kier molecular flexibility index (Phi) is 9.90. The molecule has 6 aromatic rings. The molecule has 7 heterocycles. The summed E-state index contributed by atoms with van der Waals surface area (Å²) in [6.45, 7) is 8.16. The van der Waals surface area contributed by atoms with Gasteiger partial charge in [-0.05, 0) is 92.2 Å². The topological polar surface area (TPSA) is 158 Å². The third kappa shape index (κ3) is 8.02. The minimum atomic E-state index is -0.384. The summed E-state index contributed by atoms with van der Waals surface area (Å²) in [6, 6.07) is 18.6. The van der Waals surface area contributed by atoms with Crippen LogP contribution in [0.4, 0.5) is 11.6 Å². The summed E-state index contributed by atoms with van der Waals surface area (Å²) in [6.07, 6.45) is 14.3. The Morgan fingerprint density at radius 1 is 0.674 bits per heavy atom. The lowest BCUT2D eigenvalue weighted by atomic mass is 9.82. The fourth-order valence-electron chi connectivity index (χ4n) is 4.19. The first kappa shape index (κ1) is 32.5. The lowest BCUT2D eigenvalue weighted by Gasteiger charge is -2.32. The quantitative estimate of drug-likeness (QED) is 0.194. The van der Waals surface area contributed by atoms with E-state index >= 15 is 0 Å². The van der Waals surface area contributed by atoms with Gasteiger partial charge < -0.3 is 20.8 Å². The smallest absolute Gasteiger partial charge is 0.399 e. The van der Waals surface area contributed by atoms with Gasteiger partial charge in [-0.25, -0.2) is 19.3 Å². The highest BCUT2D eigenvalue weighted by atomic mass is 79.9.